The fourth-order valence-corrected chi connectivity index (χ4v) is 3.11. The quantitative estimate of drug-likeness (QED) is 0.685. The molecule has 1 aromatic heterocycles. The zero-order chi connectivity index (χ0) is 19.8. The molecule has 0 aliphatic carbocycles. The van der Waals surface area contributed by atoms with Gasteiger partial charge in [-0.05, 0) is 37.3 Å². The van der Waals surface area contributed by atoms with E-state index in [2.05, 4.69) is 53.9 Å². The summed E-state index contributed by atoms with van der Waals surface area (Å²) in [6.07, 6.45) is 0.788. The zero-order valence-electron chi connectivity index (χ0n) is 16.2. The summed E-state index contributed by atoms with van der Waals surface area (Å²) in [6, 6.07) is 10.1. The maximum Gasteiger partial charge on any atom is 0.238 e. The van der Waals surface area contributed by atoms with Crippen LogP contribution in [0.2, 0.25) is 0 Å². The summed E-state index contributed by atoms with van der Waals surface area (Å²) in [7, 11) is 0. The minimum Gasteiger partial charge on any atom is -0.360 e. The summed E-state index contributed by atoms with van der Waals surface area (Å²) in [5.74, 6) is 1.49. The third-order valence-corrected chi connectivity index (χ3v) is 5.24. The molecule has 0 fully saturated rings. The van der Waals surface area contributed by atoms with Crippen molar-refractivity contribution in [3.8, 4) is 0 Å². The lowest BCUT2D eigenvalue weighted by Gasteiger charge is -2.11. The molecule has 0 saturated carbocycles. The summed E-state index contributed by atoms with van der Waals surface area (Å²) in [5, 5.41) is 8.92. The van der Waals surface area contributed by atoms with Crippen LogP contribution in [0.1, 0.15) is 43.6 Å². The second kappa shape index (κ2) is 10.2. The molecular weight excluding hydrogens is 362 g/mol. The molecule has 1 atom stereocenters. The van der Waals surface area contributed by atoms with Crippen molar-refractivity contribution in [3.63, 3.8) is 0 Å². The van der Waals surface area contributed by atoms with Crippen molar-refractivity contribution in [2.75, 3.05) is 17.6 Å². The van der Waals surface area contributed by atoms with Crippen molar-refractivity contribution in [1.29, 1.82) is 0 Å². The summed E-state index contributed by atoms with van der Waals surface area (Å²) >= 11 is 1.29. The fourth-order valence-electron chi connectivity index (χ4n) is 2.40. The van der Waals surface area contributed by atoms with E-state index in [-0.39, 0.29) is 22.8 Å². The van der Waals surface area contributed by atoms with Gasteiger partial charge in [0, 0.05) is 12.6 Å². The van der Waals surface area contributed by atoms with E-state index >= 15 is 0 Å². The van der Waals surface area contributed by atoms with E-state index in [0.717, 1.165) is 6.42 Å². The molecule has 27 heavy (non-hydrogen) atoms. The van der Waals surface area contributed by atoms with Crippen molar-refractivity contribution in [1.82, 2.24) is 10.5 Å². The monoisotopic (exact) mass is 389 g/mol. The first-order chi connectivity index (χ1) is 12.8. The number of benzene rings is 1. The summed E-state index contributed by atoms with van der Waals surface area (Å²) in [5.41, 5.74) is 2.51. The van der Waals surface area contributed by atoms with Crippen LogP contribution < -0.4 is 10.6 Å². The summed E-state index contributed by atoms with van der Waals surface area (Å²) in [6.45, 7) is 8.43. The van der Waals surface area contributed by atoms with Gasteiger partial charge in [0.25, 0.3) is 0 Å². The molecule has 0 spiro atoms. The van der Waals surface area contributed by atoms with Gasteiger partial charge in [0.15, 0.2) is 5.82 Å². The van der Waals surface area contributed by atoms with Crippen LogP contribution in [0.5, 0.6) is 0 Å². The number of amides is 2. The number of hydrogen-bond acceptors (Lipinski definition) is 5. The molecule has 7 heteroatoms. The molecule has 2 amide bonds. The van der Waals surface area contributed by atoms with Gasteiger partial charge < -0.3 is 15.2 Å². The molecule has 2 rings (SSSR count). The Balaban J connectivity index is 1.65. The number of carbonyl (C=O) groups is 2. The van der Waals surface area contributed by atoms with Crippen molar-refractivity contribution >= 4 is 29.4 Å². The van der Waals surface area contributed by atoms with Crippen LogP contribution in [0.4, 0.5) is 5.82 Å². The number of aromatic nitrogens is 1. The average Bonchev–Trinajstić information content (AvgIpc) is 3.04. The zero-order valence-corrected chi connectivity index (χ0v) is 17.1. The minimum absolute atomic E-state index is 0.0734. The van der Waals surface area contributed by atoms with Gasteiger partial charge in [0.1, 0.15) is 5.76 Å². The van der Waals surface area contributed by atoms with E-state index in [0.29, 0.717) is 24.0 Å². The number of aryl methyl sites for hydroxylation is 1. The summed E-state index contributed by atoms with van der Waals surface area (Å²) in [4.78, 5) is 24.0. The van der Waals surface area contributed by atoms with E-state index in [4.69, 9.17) is 4.52 Å². The first-order valence-corrected chi connectivity index (χ1v) is 10.1. The highest BCUT2D eigenvalue weighted by Gasteiger charge is 2.16. The van der Waals surface area contributed by atoms with Crippen molar-refractivity contribution in [2.45, 2.75) is 45.3 Å². The molecule has 1 heterocycles. The van der Waals surface area contributed by atoms with Gasteiger partial charge in [-0.2, -0.15) is 0 Å². The molecule has 2 N–H and O–H groups in total. The fraction of sp³-hybridized carbons (Fsp3) is 0.450. The lowest BCUT2D eigenvalue weighted by Crippen LogP contribution is -2.30. The van der Waals surface area contributed by atoms with Crippen LogP contribution in [0.25, 0.3) is 0 Å². The first-order valence-electron chi connectivity index (χ1n) is 9.06. The maximum absolute atomic E-state index is 12.1. The van der Waals surface area contributed by atoms with Gasteiger partial charge in [-0.1, -0.05) is 43.3 Å². The van der Waals surface area contributed by atoms with Crippen LogP contribution in [0.15, 0.2) is 34.9 Å². The largest absolute Gasteiger partial charge is 0.360 e. The molecule has 1 aromatic carbocycles. The normalized spacial score (nSPS) is 12.0. The van der Waals surface area contributed by atoms with E-state index in [1.165, 1.54) is 22.9 Å². The van der Waals surface area contributed by atoms with Crippen molar-refractivity contribution in [2.24, 2.45) is 0 Å². The summed E-state index contributed by atoms with van der Waals surface area (Å²) < 4.78 is 4.91. The first kappa shape index (κ1) is 21.0. The highest BCUT2D eigenvalue weighted by atomic mass is 32.2. The van der Waals surface area contributed by atoms with Crippen LogP contribution >= 0.6 is 11.8 Å². The molecule has 0 saturated heterocycles. The SMILES string of the molecule is Cc1cc(NC(=O)C(C)SCC(=O)NCCc2ccc(C(C)C)cc2)no1. The maximum atomic E-state index is 12.1. The highest BCUT2D eigenvalue weighted by Crippen LogP contribution is 2.15. The Kier molecular flexibility index (Phi) is 7.91. The van der Waals surface area contributed by atoms with E-state index in [1.807, 2.05) is 0 Å². The smallest absolute Gasteiger partial charge is 0.238 e. The lowest BCUT2D eigenvalue weighted by molar-refractivity contribution is -0.118. The number of thioether (sulfide) groups is 1. The Bertz CT molecular complexity index is 756. The Hall–Kier alpha value is -2.28. The average molecular weight is 390 g/mol. The third kappa shape index (κ3) is 7.09. The van der Waals surface area contributed by atoms with Crippen molar-refractivity contribution in [3.05, 3.63) is 47.2 Å². The second-order valence-electron chi connectivity index (χ2n) is 6.76. The Morgan fingerprint density at radius 1 is 1.19 bits per heavy atom. The van der Waals surface area contributed by atoms with E-state index < -0.39 is 0 Å². The number of nitrogens with one attached hydrogen (secondary N) is 2. The standard InChI is InChI=1S/C20H27N3O3S/c1-13(2)17-7-5-16(6-8-17)9-10-21-19(24)12-27-15(4)20(25)22-18-11-14(3)26-23-18/h5-8,11,13,15H,9-10,12H2,1-4H3,(H,21,24)(H,22,23,25). The molecule has 0 aliphatic heterocycles. The van der Waals surface area contributed by atoms with Gasteiger partial charge >= 0.3 is 0 Å². The second-order valence-corrected chi connectivity index (χ2v) is 8.09. The molecule has 146 valence electrons. The van der Waals surface area contributed by atoms with Crippen molar-refractivity contribution < 1.29 is 14.1 Å². The predicted molar refractivity (Wildman–Crippen MR) is 109 cm³/mol. The van der Waals surface area contributed by atoms with Gasteiger partial charge in [-0.25, -0.2) is 0 Å². The van der Waals surface area contributed by atoms with E-state index in [9.17, 15) is 9.59 Å². The molecule has 1 unspecified atom stereocenters. The number of hydrogen-bond donors (Lipinski definition) is 2. The molecule has 2 aromatic rings. The minimum atomic E-state index is -0.365. The topological polar surface area (TPSA) is 84.2 Å². The van der Waals surface area contributed by atoms with Gasteiger partial charge in [-0.15, -0.1) is 11.8 Å². The Labute approximate surface area is 164 Å². The number of carbonyl (C=O) groups excluding carboxylic acids is 2. The van der Waals surface area contributed by atoms with E-state index in [1.54, 1.807) is 19.9 Å². The lowest BCUT2D eigenvalue weighted by atomic mass is 10.0. The number of nitrogens with zero attached hydrogens (tertiary/aromatic N) is 1. The number of rotatable bonds is 9. The number of anilines is 1. The molecular formula is C20H27N3O3S. The Morgan fingerprint density at radius 2 is 1.89 bits per heavy atom. The van der Waals surface area contributed by atoms with Gasteiger partial charge in [0.2, 0.25) is 11.8 Å². The third-order valence-electron chi connectivity index (χ3n) is 4.10. The Morgan fingerprint density at radius 3 is 2.48 bits per heavy atom. The van der Waals surface area contributed by atoms with Crippen LogP contribution in [0.3, 0.4) is 0 Å². The predicted octanol–water partition coefficient (Wildman–Crippen LogP) is 3.53. The van der Waals surface area contributed by atoms with Gasteiger partial charge in [0.05, 0.1) is 11.0 Å². The molecule has 0 bridgehead atoms. The van der Waals surface area contributed by atoms with Crippen LogP contribution in [-0.4, -0.2) is 34.5 Å². The van der Waals surface area contributed by atoms with Gasteiger partial charge in [-0.3, -0.25) is 9.59 Å². The van der Waals surface area contributed by atoms with Crippen LogP contribution in [0, 0.1) is 6.92 Å². The molecule has 0 radical (unpaired) electrons. The highest BCUT2D eigenvalue weighted by molar-refractivity contribution is 8.01. The van der Waals surface area contributed by atoms with Crippen LogP contribution in [-0.2, 0) is 16.0 Å². The molecule has 6 nitrogen and oxygen atoms in total. The molecule has 0 aliphatic rings.